The van der Waals surface area contributed by atoms with Gasteiger partial charge in [0.25, 0.3) is 0 Å². The molecular formula is C18H22N2O2. The van der Waals surface area contributed by atoms with Gasteiger partial charge in [-0.25, -0.2) is 0 Å². The first-order valence-electron chi connectivity index (χ1n) is 7.33. The Hall–Kier alpha value is -2.17. The van der Waals surface area contributed by atoms with Gasteiger partial charge in [-0.3, -0.25) is 4.79 Å². The number of nitrogens with two attached hydrogens (primary N) is 1. The van der Waals surface area contributed by atoms with Crippen LogP contribution in [0.2, 0.25) is 0 Å². The Bertz CT molecular complexity index is 582. The van der Waals surface area contributed by atoms with Crippen LogP contribution in [0.4, 0.5) is 0 Å². The highest BCUT2D eigenvalue weighted by Crippen LogP contribution is 2.06. The van der Waals surface area contributed by atoms with Crippen molar-refractivity contribution in [2.24, 2.45) is 5.73 Å². The van der Waals surface area contributed by atoms with Crippen molar-refractivity contribution in [3.63, 3.8) is 0 Å². The number of carbonyl (C=O) groups is 1. The molecular weight excluding hydrogens is 276 g/mol. The Labute approximate surface area is 131 Å². The Kier molecular flexibility index (Phi) is 6.13. The van der Waals surface area contributed by atoms with Gasteiger partial charge in [0.1, 0.15) is 0 Å². The zero-order valence-electron chi connectivity index (χ0n) is 12.8. The molecule has 1 amide bonds. The van der Waals surface area contributed by atoms with Crippen molar-refractivity contribution >= 4 is 5.91 Å². The molecule has 0 spiro atoms. The van der Waals surface area contributed by atoms with Gasteiger partial charge in [0.05, 0.1) is 12.6 Å². The third kappa shape index (κ3) is 4.98. The molecule has 0 aliphatic rings. The number of rotatable bonds is 7. The topological polar surface area (TPSA) is 64.3 Å². The maximum Gasteiger partial charge on any atom is 0.237 e. The molecule has 4 heteroatoms. The van der Waals surface area contributed by atoms with E-state index in [2.05, 4.69) is 5.32 Å². The molecule has 0 aliphatic heterocycles. The summed E-state index contributed by atoms with van der Waals surface area (Å²) in [6, 6.07) is 17.2. The molecule has 0 saturated heterocycles. The van der Waals surface area contributed by atoms with Crippen LogP contribution in [0, 0.1) is 0 Å². The van der Waals surface area contributed by atoms with Crippen LogP contribution in [0.3, 0.4) is 0 Å². The van der Waals surface area contributed by atoms with Gasteiger partial charge in [0, 0.05) is 13.7 Å². The van der Waals surface area contributed by atoms with Gasteiger partial charge < -0.3 is 15.8 Å². The molecule has 0 aliphatic carbocycles. The highest BCUT2D eigenvalue weighted by Gasteiger charge is 2.13. The van der Waals surface area contributed by atoms with Crippen LogP contribution < -0.4 is 11.1 Å². The summed E-state index contributed by atoms with van der Waals surface area (Å²) in [5.41, 5.74) is 9.16. The third-order valence-corrected chi connectivity index (χ3v) is 3.44. The Morgan fingerprint density at radius 1 is 1.05 bits per heavy atom. The monoisotopic (exact) mass is 298 g/mol. The fourth-order valence-electron chi connectivity index (χ4n) is 2.20. The first-order chi connectivity index (χ1) is 10.7. The van der Waals surface area contributed by atoms with Crippen molar-refractivity contribution in [3.05, 3.63) is 71.3 Å². The average Bonchev–Trinajstić information content (AvgIpc) is 2.55. The molecule has 1 unspecified atom stereocenters. The summed E-state index contributed by atoms with van der Waals surface area (Å²) >= 11 is 0. The Morgan fingerprint density at radius 3 is 2.32 bits per heavy atom. The quantitative estimate of drug-likeness (QED) is 0.822. The lowest BCUT2D eigenvalue weighted by atomic mass is 10.1. The minimum Gasteiger partial charge on any atom is -0.380 e. The number of hydrogen-bond acceptors (Lipinski definition) is 3. The smallest absolute Gasteiger partial charge is 0.237 e. The molecule has 4 nitrogen and oxygen atoms in total. The number of carbonyl (C=O) groups excluding carboxylic acids is 1. The second-order valence-electron chi connectivity index (χ2n) is 5.26. The van der Waals surface area contributed by atoms with Crippen LogP contribution in [0.1, 0.15) is 16.7 Å². The highest BCUT2D eigenvalue weighted by molar-refractivity contribution is 5.81. The standard InChI is InChI=1S/C18H22N2O2/c1-22-13-16-9-7-15(8-10-16)12-20-18(21)17(19)11-14-5-3-2-4-6-14/h2-10,17H,11-13,19H2,1H3,(H,20,21). The SMILES string of the molecule is COCc1ccc(CNC(=O)C(N)Cc2ccccc2)cc1. The van der Waals surface area contributed by atoms with E-state index >= 15 is 0 Å². The molecule has 3 N–H and O–H groups in total. The average molecular weight is 298 g/mol. The summed E-state index contributed by atoms with van der Waals surface area (Å²) in [6.45, 7) is 1.07. The number of methoxy groups -OCH3 is 1. The van der Waals surface area contributed by atoms with E-state index in [0.29, 0.717) is 19.6 Å². The molecule has 116 valence electrons. The molecule has 0 radical (unpaired) electrons. The largest absolute Gasteiger partial charge is 0.380 e. The van der Waals surface area contributed by atoms with E-state index in [4.69, 9.17) is 10.5 Å². The minimum absolute atomic E-state index is 0.134. The van der Waals surface area contributed by atoms with E-state index in [0.717, 1.165) is 16.7 Å². The van der Waals surface area contributed by atoms with Crippen LogP contribution in [-0.2, 0) is 29.1 Å². The van der Waals surface area contributed by atoms with Gasteiger partial charge in [-0.1, -0.05) is 54.6 Å². The predicted octanol–water partition coefficient (Wildman–Crippen LogP) is 2.02. The first kappa shape index (κ1) is 16.2. The van der Waals surface area contributed by atoms with E-state index in [1.54, 1.807) is 7.11 Å². The van der Waals surface area contributed by atoms with Crippen LogP contribution in [0.5, 0.6) is 0 Å². The number of amides is 1. The summed E-state index contributed by atoms with van der Waals surface area (Å²) in [5, 5.41) is 2.88. The van der Waals surface area contributed by atoms with Crippen molar-refractivity contribution in [1.82, 2.24) is 5.32 Å². The van der Waals surface area contributed by atoms with Crippen molar-refractivity contribution in [1.29, 1.82) is 0 Å². The molecule has 0 saturated carbocycles. The maximum absolute atomic E-state index is 12.0. The van der Waals surface area contributed by atoms with Crippen molar-refractivity contribution < 1.29 is 9.53 Å². The van der Waals surface area contributed by atoms with Crippen molar-refractivity contribution in [2.75, 3.05) is 7.11 Å². The molecule has 0 heterocycles. The summed E-state index contributed by atoms with van der Waals surface area (Å²) in [5.74, 6) is -0.134. The van der Waals surface area contributed by atoms with Crippen LogP contribution in [-0.4, -0.2) is 19.1 Å². The molecule has 2 rings (SSSR count). The Balaban J connectivity index is 1.81. The van der Waals surface area contributed by atoms with E-state index in [1.807, 2.05) is 54.6 Å². The lowest BCUT2D eigenvalue weighted by Gasteiger charge is -2.12. The molecule has 0 aromatic heterocycles. The molecule has 0 fully saturated rings. The van der Waals surface area contributed by atoms with Gasteiger partial charge in [-0.2, -0.15) is 0 Å². The van der Waals surface area contributed by atoms with Gasteiger partial charge in [-0.05, 0) is 23.1 Å². The van der Waals surface area contributed by atoms with Crippen LogP contribution >= 0.6 is 0 Å². The highest BCUT2D eigenvalue weighted by atomic mass is 16.5. The summed E-state index contributed by atoms with van der Waals surface area (Å²) in [6.07, 6.45) is 0.541. The number of ether oxygens (including phenoxy) is 1. The van der Waals surface area contributed by atoms with Crippen molar-refractivity contribution in [2.45, 2.75) is 25.6 Å². The second kappa shape index (κ2) is 8.32. The van der Waals surface area contributed by atoms with Gasteiger partial charge in [-0.15, -0.1) is 0 Å². The molecule has 22 heavy (non-hydrogen) atoms. The number of hydrogen-bond donors (Lipinski definition) is 2. The zero-order valence-corrected chi connectivity index (χ0v) is 12.8. The second-order valence-corrected chi connectivity index (χ2v) is 5.26. The fraction of sp³-hybridized carbons (Fsp3) is 0.278. The molecule has 2 aromatic carbocycles. The van der Waals surface area contributed by atoms with E-state index < -0.39 is 6.04 Å². The Morgan fingerprint density at radius 2 is 1.68 bits per heavy atom. The van der Waals surface area contributed by atoms with E-state index in [9.17, 15) is 4.79 Å². The summed E-state index contributed by atoms with van der Waals surface area (Å²) in [4.78, 5) is 12.0. The maximum atomic E-state index is 12.0. The first-order valence-corrected chi connectivity index (χ1v) is 7.33. The molecule has 2 aromatic rings. The number of benzene rings is 2. The number of nitrogens with one attached hydrogen (secondary N) is 1. The summed E-state index contributed by atoms with van der Waals surface area (Å²) < 4.78 is 5.07. The zero-order chi connectivity index (χ0) is 15.8. The van der Waals surface area contributed by atoms with Gasteiger partial charge >= 0.3 is 0 Å². The van der Waals surface area contributed by atoms with Crippen molar-refractivity contribution in [3.8, 4) is 0 Å². The van der Waals surface area contributed by atoms with Gasteiger partial charge in [0.2, 0.25) is 5.91 Å². The predicted molar refractivity (Wildman–Crippen MR) is 87.1 cm³/mol. The molecule has 1 atom stereocenters. The lowest BCUT2D eigenvalue weighted by molar-refractivity contribution is -0.122. The van der Waals surface area contributed by atoms with E-state index in [-0.39, 0.29) is 5.91 Å². The van der Waals surface area contributed by atoms with Crippen LogP contribution in [0.15, 0.2) is 54.6 Å². The fourth-order valence-corrected chi connectivity index (χ4v) is 2.20. The third-order valence-electron chi connectivity index (χ3n) is 3.44. The molecule has 0 bridgehead atoms. The van der Waals surface area contributed by atoms with E-state index in [1.165, 1.54) is 0 Å². The normalized spacial score (nSPS) is 11.9. The van der Waals surface area contributed by atoms with Gasteiger partial charge in [0.15, 0.2) is 0 Å². The lowest BCUT2D eigenvalue weighted by Crippen LogP contribution is -2.41. The summed E-state index contributed by atoms with van der Waals surface area (Å²) in [7, 11) is 1.67. The minimum atomic E-state index is -0.532. The van der Waals surface area contributed by atoms with Crippen LogP contribution in [0.25, 0.3) is 0 Å².